The molecule has 132 valence electrons. The smallest absolute Gasteiger partial charge is 0.312 e. The minimum atomic E-state index is -1.54. The largest absolute Gasteiger partial charge is 0.481 e. The maximum atomic E-state index is 11.5. The van der Waals surface area contributed by atoms with Crippen LogP contribution < -0.4 is 0 Å². The molecule has 0 aromatic heterocycles. The Morgan fingerprint density at radius 2 is 1.23 bits per heavy atom. The standard InChI is InChI=1S/C16H32O6/c1-9-12(13(17)18)16(8,21-19-14(4,5)10-2)22-20-15(6,7)11-3/h12H,9-11H2,1-8H3,(H,17,18). The SMILES string of the molecule is CCC(C(=O)O)C(C)(OOC(C)(C)CC)OOC(C)(C)CC. The van der Waals surface area contributed by atoms with E-state index in [1.54, 1.807) is 6.92 Å². The molecule has 0 aromatic rings. The third-order valence-corrected chi connectivity index (χ3v) is 3.91. The highest BCUT2D eigenvalue weighted by atomic mass is 17.3. The molecule has 0 rings (SSSR count). The molecule has 0 aliphatic rings. The molecule has 0 bridgehead atoms. The van der Waals surface area contributed by atoms with E-state index < -0.39 is 28.9 Å². The second-order valence-corrected chi connectivity index (χ2v) is 6.87. The van der Waals surface area contributed by atoms with E-state index in [2.05, 4.69) is 0 Å². The van der Waals surface area contributed by atoms with E-state index in [9.17, 15) is 9.90 Å². The van der Waals surface area contributed by atoms with Gasteiger partial charge in [-0.15, -0.1) is 0 Å². The van der Waals surface area contributed by atoms with Crippen molar-refractivity contribution in [2.24, 2.45) is 5.92 Å². The zero-order valence-corrected chi connectivity index (χ0v) is 15.2. The molecule has 0 fully saturated rings. The number of carbonyl (C=O) groups is 1. The molecule has 6 heteroatoms. The van der Waals surface area contributed by atoms with Crippen LogP contribution in [0.15, 0.2) is 0 Å². The molecule has 1 N–H and O–H groups in total. The molecule has 0 heterocycles. The van der Waals surface area contributed by atoms with Crippen LogP contribution in [0, 0.1) is 5.92 Å². The molecule has 6 nitrogen and oxygen atoms in total. The van der Waals surface area contributed by atoms with E-state index in [0.29, 0.717) is 19.3 Å². The summed E-state index contributed by atoms with van der Waals surface area (Å²) >= 11 is 0. The lowest BCUT2D eigenvalue weighted by Crippen LogP contribution is -2.47. The van der Waals surface area contributed by atoms with Crippen molar-refractivity contribution in [2.75, 3.05) is 0 Å². The highest BCUT2D eigenvalue weighted by Crippen LogP contribution is 2.32. The van der Waals surface area contributed by atoms with Gasteiger partial charge < -0.3 is 5.11 Å². The third-order valence-electron chi connectivity index (χ3n) is 3.91. The molecule has 0 radical (unpaired) electrons. The second kappa shape index (κ2) is 8.24. The van der Waals surface area contributed by atoms with Gasteiger partial charge in [0, 0.05) is 0 Å². The molecule has 0 saturated heterocycles. The average molecular weight is 320 g/mol. The predicted octanol–water partition coefficient (Wildman–Crippen LogP) is 4.09. The first-order valence-electron chi connectivity index (χ1n) is 7.89. The normalized spacial score (nSPS) is 14.9. The number of hydrogen-bond donors (Lipinski definition) is 1. The van der Waals surface area contributed by atoms with Crippen LogP contribution in [-0.4, -0.2) is 28.1 Å². The summed E-state index contributed by atoms with van der Waals surface area (Å²) in [7, 11) is 0. The summed E-state index contributed by atoms with van der Waals surface area (Å²) in [6.45, 7) is 14.6. The third kappa shape index (κ3) is 6.60. The van der Waals surface area contributed by atoms with Crippen molar-refractivity contribution in [1.82, 2.24) is 0 Å². The Morgan fingerprint density at radius 3 is 1.45 bits per heavy atom. The lowest BCUT2D eigenvalue weighted by atomic mass is 9.97. The number of hydrogen-bond acceptors (Lipinski definition) is 5. The van der Waals surface area contributed by atoms with E-state index >= 15 is 0 Å². The Bertz CT molecular complexity index is 331. The molecule has 0 amide bonds. The quantitative estimate of drug-likeness (QED) is 0.351. The fraction of sp³-hybridized carbons (Fsp3) is 0.938. The van der Waals surface area contributed by atoms with Gasteiger partial charge in [-0.3, -0.25) is 4.79 Å². The molecule has 0 aromatic carbocycles. The Labute approximate surface area is 133 Å². The van der Waals surface area contributed by atoms with E-state index in [-0.39, 0.29) is 0 Å². The average Bonchev–Trinajstić information content (AvgIpc) is 2.44. The molecular formula is C16H32O6. The summed E-state index contributed by atoms with van der Waals surface area (Å²) in [6.07, 6.45) is 1.72. The van der Waals surface area contributed by atoms with Gasteiger partial charge in [-0.25, -0.2) is 9.78 Å². The molecule has 1 atom stereocenters. The van der Waals surface area contributed by atoms with Crippen LogP contribution in [0.2, 0.25) is 0 Å². The fourth-order valence-electron chi connectivity index (χ4n) is 1.41. The van der Waals surface area contributed by atoms with Crippen molar-refractivity contribution < 1.29 is 29.5 Å². The zero-order chi connectivity index (χ0) is 17.6. The molecule has 22 heavy (non-hydrogen) atoms. The molecular weight excluding hydrogens is 288 g/mol. The highest BCUT2D eigenvalue weighted by Gasteiger charge is 2.45. The predicted molar refractivity (Wildman–Crippen MR) is 82.9 cm³/mol. The summed E-state index contributed by atoms with van der Waals surface area (Å²) in [5.74, 6) is -3.49. The Kier molecular flexibility index (Phi) is 7.98. The number of aliphatic carboxylic acids is 1. The maximum Gasteiger partial charge on any atom is 0.312 e. The van der Waals surface area contributed by atoms with Crippen LogP contribution in [0.4, 0.5) is 0 Å². The van der Waals surface area contributed by atoms with Crippen LogP contribution in [0.3, 0.4) is 0 Å². The van der Waals surface area contributed by atoms with Crippen LogP contribution in [0.5, 0.6) is 0 Å². The van der Waals surface area contributed by atoms with Crippen molar-refractivity contribution >= 4 is 5.97 Å². The Morgan fingerprint density at radius 1 is 0.864 bits per heavy atom. The molecule has 0 aliphatic carbocycles. The van der Waals surface area contributed by atoms with Crippen molar-refractivity contribution in [3.8, 4) is 0 Å². The van der Waals surface area contributed by atoms with Gasteiger partial charge in [0.15, 0.2) is 0 Å². The number of carboxylic acid groups (broad SMARTS) is 1. The number of carboxylic acids is 1. The van der Waals surface area contributed by atoms with Crippen molar-refractivity contribution in [3.05, 3.63) is 0 Å². The van der Waals surface area contributed by atoms with Crippen molar-refractivity contribution in [1.29, 1.82) is 0 Å². The van der Waals surface area contributed by atoms with Crippen LogP contribution in [0.1, 0.15) is 74.7 Å². The van der Waals surface area contributed by atoms with Crippen molar-refractivity contribution in [2.45, 2.75) is 91.6 Å². The first-order valence-corrected chi connectivity index (χ1v) is 7.89. The van der Waals surface area contributed by atoms with Crippen LogP contribution in [0.25, 0.3) is 0 Å². The summed E-state index contributed by atoms with van der Waals surface area (Å²) in [6, 6.07) is 0. The van der Waals surface area contributed by atoms with E-state index in [0.717, 1.165) is 0 Å². The van der Waals surface area contributed by atoms with Crippen LogP contribution in [-0.2, 0) is 24.3 Å². The van der Waals surface area contributed by atoms with Gasteiger partial charge in [0.2, 0.25) is 5.79 Å². The van der Waals surface area contributed by atoms with E-state index in [1.807, 2.05) is 41.5 Å². The topological polar surface area (TPSA) is 74.2 Å². The first kappa shape index (κ1) is 21.3. The van der Waals surface area contributed by atoms with E-state index in [4.69, 9.17) is 19.6 Å². The van der Waals surface area contributed by atoms with Gasteiger partial charge in [-0.05, 0) is 53.9 Å². The lowest BCUT2D eigenvalue weighted by molar-refractivity contribution is -0.546. The zero-order valence-electron chi connectivity index (χ0n) is 15.2. The lowest BCUT2D eigenvalue weighted by Gasteiger charge is -2.36. The minimum Gasteiger partial charge on any atom is -0.481 e. The second-order valence-electron chi connectivity index (χ2n) is 6.87. The number of rotatable bonds is 11. The van der Waals surface area contributed by atoms with E-state index in [1.165, 1.54) is 6.92 Å². The first-order chi connectivity index (χ1) is 9.93. The summed E-state index contributed by atoms with van der Waals surface area (Å²) in [5, 5.41) is 9.41. The molecule has 0 saturated carbocycles. The highest BCUT2D eigenvalue weighted by molar-refractivity contribution is 5.71. The monoisotopic (exact) mass is 320 g/mol. The Hall–Kier alpha value is -0.690. The van der Waals surface area contributed by atoms with Gasteiger partial charge in [0.25, 0.3) is 0 Å². The maximum absolute atomic E-state index is 11.5. The summed E-state index contributed by atoms with van der Waals surface area (Å²) < 4.78 is 0. The summed E-state index contributed by atoms with van der Waals surface area (Å²) in [4.78, 5) is 33.1. The van der Waals surface area contributed by atoms with Crippen LogP contribution >= 0.6 is 0 Å². The Balaban J connectivity index is 5.16. The van der Waals surface area contributed by atoms with Gasteiger partial charge in [0.1, 0.15) is 5.92 Å². The van der Waals surface area contributed by atoms with Gasteiger partial charge in [0.05, 0.1) is 11.2 Å². The van der Waals surface area contributed by atoms with Gasteiger partial charge in [-0.2, -0.15) is 9.78 Å². The summed E-state index contributed by atoms with van der Waals surface area (Å²) in [5.41, 5.74) is -1.11. The van der Waals surface area contributed by atoms with Gasteiger partial charge >= 0.3 is 5.97 Å². The molecule has 1 unspecified atom stereocenters. The molecule has 0 spiro atoms. The fourth-order valence-corrected chi connectivity index (χ4v) is 1.41. The van der Waals surface area contributed by atoms with Gasteiger partial charge in [-0.1, -0.05) is 20.8 Å². The molecule has 0 aliphatic heterocycles. The van der Waals surface area contributed by atoms with Crippen molar-refractivity contribution in [3.63, 3.8) is 0 Å². The minimum absolute atomic E-state index is 0.317.